The Morgan fingerprint density at radius 2 is 1.78 bits per heavy atom. The van der Waals surface area contributed by atoms with E-state index in [0.717, 1.165) is 16.9 Å². The number of aromatic nitrogens is 3. The molecule has 2 heterocycles. The summed E-state index contributed by atoms with van der Waals surface area (Å²) in [5, 5.41) is 5.62. The minimum Gasteiger partial charge on any atom is -0.493 e. The highest BCUT2D eigenvalue weighted by Crippen LogP contribution is 2.27. The van der Waals surface area contributed by atoms with Gasteiger partial charge in [0.25, 0.3) is 0 Å². The summed E-state index contributed by atoms with van der Waals surface area (Å²) in [5.74, 6) is 2.05. The van der Waals surface area contributed by atoms with Gasteiger partial charge in [0.1, 0.15) is 12.1 Å². The standard InChI is InChI=1S/C19H21N5O3/c1-26-16-5-3-14(9-17(16)27-2)10-22-19(25)23-12-15-4-6-18(21-11-15)24-8-7-20-13-24/h3-9,11,13H,10,12H2,1-2H3,(H2,22,23,25). The molecule has 0 bridgehead atoms. The Kier molecular flexibility index (Phi) is 5.88. The lowest BCUT2D eigenvalue weighted by Crippen LogP contribution is -2.34. The van der Waals surface area contributed by atoms with Crippen molar-refractivity contribution in [1.82, 2.24) is 25.2 Å². The average molecular weight is 367 g/mol. The van der Waals surface area contributed by atoms with Gasteiger partial charge in [-0.1, -0.05) is 12.1 Å². The second-order valence-electron chi connectivity index (χ2n) is 5.72. The van der Waals surface area contributed by atoms with Crippen LogP contribution in [0.5, 0.6) is 11.5 Å². The van der Waals surface area contributed by atoms with Crippen molar-refractivity contribution >= 4 is 6.03 Å². The zero-order valence-electron chi connectivity index (χ0n) is 15.2. The minimum absolute atomic E-state index is 0.261. The van der Waals surface area contributed by atoms with Gasteiger partial charge in [-0.15, -0.1) is 0 Å². The minimum atomic E-state index is -0.261. The van der Waals surface area contributed by atoms with E-state index in [1.807, 2.05) is 35.0 Å². The van der Waals surface area contributed by atoms with Crippen LogP contribution in [0.1, 0.15) is 11.1 Å². The van der Waals surface area contributed by atoms with Crippen molar-refractivity contribution in [2.75, 3.05) is 14.2 Å². The summed E-state index contributed by atoms with van der Waals surface area (Å²) in [6.07, 6.45) is 6.92. The summed E-state index contributed by atoms with van der Waals surface area (Å²) in [6, 6.07) is 9.04. The van der Waals surface area contributed by atoms with E-state index < -0.39 is 0 Å². The number of urea groups is 1. The normalized spacial score (nSPS) is 10.3. The molecule has 3 rings (SSSR count). The number of amides is 2. The van der Waals surface area contributed by atoms with Crippen LogP contribution in [-0.4, -0.2) is 34.8 Å². The molecule has 0 radical (unpaired) electrons. The number of pyridine rings is 1. The fourth-order valence-corrected chi connectivity index (χ4v) is 2.49. The molecule has 0 aliphatic rings. The molecule has 2 amide bonds. The van der Waals surface area contributed by atoms with Gasteiger partial charge in [0, 0.05) is 31.7 Å². The largest absolute Gasteiger partial charge is 0.493 e. The molecule has 0 saturated carbocycles. The number of ether oxygens (including phenoxy) is 2. The number of hydrogen-bond acceptors (Lipinski definition) is 5. The number of rotatable bonds is 7. The lowest BCUT2D eigenvalue weighted by molar-refractivity contribution is 0.240. The Hall–Kier alpha value is -3.55. The first kappa shape index (κ1) is 18.2. The SMILES string of the molecule is COc1ccc(CNC(=O)NCc2ccc(-n3ccnc3)nc2)cc1OC. The van der Waals surface area contributed by atoms with E-state index in [9.17, 15) is 4.79 Å². The lowest BCUT2D eigenvalue weighted by atomic mass is 10.2. The summed E-state index contributed by atoms with van der Waals surface area (Å²) in [7, 11) is 3.16. The highest BCUT2D eigenvalue weighted by Gasteiger charge is 2.06. The fraction of sp³-hybridized carbons (Fsp3) is 0.211. The van der Waals surface area contributed by atoms with E-state index in [1.54, 1.807) is 39.0 Å². The van der Waals surface area contributed by atoms with Gasteiger partial charge >= 0.3 is 6.03 Å². The molecule has 0 aliphatic carbocycles. The highest BCUT2D eigenvalue weighted by atomic mass is 16.5. The molecule has 2 aromatic heterocycles. The summed E-state index contributed by atoms with van der Waals surface area (Å²) in [6.45, 7) is 0.763. The first-order valence-electron chi connectivity index (χ1n) is 8.35. The van der Waals surface area contributed by atoms with Crippen LogP contribution in [0, 0.1) is 0 Å². The number of benzene rings is 1. The predicted octanol–water partition coefficient (Wildman–Crippen LogP) is 2.28. The van der Waals surface area contributed by atoms with Gasteiger partial charge in [-0.2, -0.15) is 0 Å². The number of carbonyl (C=O) groups excluding carboxylic acids is 1. The van der Waals surface area contributed by atoms with Crippen LogP contribution in [0.15, 0.2) is 55.2 Å². The summed E-state index contributed by atoms with van der Waals surface area (Å²) in [4.78, 5) is 20.4. The van der Waals surface area contributed by atoms with E-state index in [1.165, 1.54) is 0 Å². The molecule has 0 atom stereocenters. The Labute approximate surface area is 157 Å². The molecule has 0 saturated heterocycles. The van der Waals surface area contributed by atoms with Gasteiger partial charge in [-0.05, 0) is 29.3 Å². The van der Waals surface area contributed by atoms with Crippen LogP contribution in [0.25, 0.3) is 5.82 Å². The van der Waals surface area contributed by atoms with Crippen molar-refractivity contribution in [1.29, 1.82) is 0 Å². The van der Waals surface area contributed by atoms with Gasteiger partial charge in [-0.3, -0.25) is 4.57 Å². The Morgan fingerprint density at radius 3 is 2.41 bits per heavy atom. The molecule has 0 spiro atoms. The maximum atomic E-state index is 12.0. The van der Waals surface area contributed by atoms with Crippen molar-refractivity contribution in [2.24, 2.45) is 0 Å². The zero-order valence-corrected chi connectivity index (χ0v) is 15.2. The zero-order chi connectivity index (χ0) is 19.1. The molecule has 2 N–H and O–H groups in total. The second kappa shape index (κ2) is 8.70. The third-order valence-electron chi connectivity index (χ3n) is 3.93. The van der Waals surface area contributed by atoms with Gasteiger partial charge in [0.15, 0.2) is 11.5 Å². The quantitative estimate of drug-likeness (QED) is 0.669. The topological polar surface area (TPSA) is 90.3 Å². The maximum Gasteiger partial charge on any atom is 0.315 e. The van der Waals surface area contributed by atoms with Crippen LogP contribution in [0.3, 0.4) is 0 Å². The monoisotopic (exact) mass is 367 g/mol. The molecule has 1 aromatic carbocycles. The smallest absolute Gasteiger partial charge is 0.315 e. The van der Waals surface area contributed by atoms with Crippen molar-refractivity contribution in [3.8, 4) is 17.3 Å². The number of nitrogens with one attached hydrogen (secondary N) is 2. The molecule has 140 valence electrons. The predicted molar refractivity (Wildman–Crippen MR) is 100.0 cm³/mol. The Balaban J connectivity index is 1.48. The fourth-order valence-electron chi connectivity index (χ4n) is 2.49. The van der Waals surface area contributed by atoms with Crippen molar-refractivity contribution < 1.29 is 14.3 Å². The van der Waals surface area contributed by atoms with E-state index >= 15 is 0 Å². The van der Waals surface area contributed by atoms with Gasteiger partial charge in [-0.25, -0.2) is 14.8 Å². The first-order chi connectivity index (χ1) is 13.2. The average Bonchev–Trinajstić information content (AvgIpc) is 3.25. The third kappa shape index (κ3) is 4.75. The molecular formula is C19H21N5O3. The first-order valence-corrected chi connectivity index (χ1v) is 8.35. The summed E-state index contributed by atoms with van der Waals surface area (Å²) < 4.78 is 12.3. The molecule has 3 aromatic rings. The Bertz CT molecular complexity index is 879. The van der Waals surface area contributed by atoms with Crippen LogP contribution in [-0.2, 0) is 13.1 Å². The Morgan fingerprint density at radius 1 is 1.04 bits per heavy atom. The van der Waals surface area contributed by atoms with Gasteiger partial charge < -0.3 is 20.1 Å². The van der Waals surface area contributed by atoms with Gasteiger partial charge in [0.05, 0.1) is 14.2 Å². The molecule has 0 fully saturated rings. The lowest BCUT2D eigenvalue weighted by Gasteiger charge is -2.11. The van der Waals surface area contributed by atoms with Gasteiger partial charge in [0.2, 0.25) is 0 Å². The van der Waals surface area contributed by atoms with Crippen molar-refractivity contribution in [2.45, 2.75) is 13.1 Å². The number of hydrogen-bond donors (Lipinski definition) is 2. The van der Waals surface area contributed by atoms with E-state index in [4.69, 9.17) is 9.47 Å². The van der Waals surface area contributed by atoms with Crippen molar-refractivity contribution in [3.63, 3.8) is 0 Å². The molecule has 8 heteroatoms. The molecular weight excluding hydrogens is 346 g/mol. The van der Waals surface area contributed by atoms with Crippen molar-refractivity contribution in [3.05, 3.63) is 66.4 Å². The summed E-state index contributed by atoms with van der Waals surface area (Å²) in [5.41, 5.74) is 1.81. The summed E-state index contributed by atoms with van der Waals surface area (Å²) >= 11 is 0. The van der Waals surface area contributed by atoms with E-state index in [-0.39, 0.29) is 6.03 Å². The van der Waals surface area contributed by atoms with E-state index in [0.29, 0.717) is 24.6 Å². The van der Waals surface area contributed by atoms with Crippen LogP contribution >= 0.6 is 0 Å². The molecule has 8 nitrogen and oxygen atoms in total. The second-order valence-corrected chi connectivity index (χ2v) is 5.72. The van der Waals surface area contributed by atoms with E-state index in [2.05, 4.69) is 20.6 Å². The maximum absolute atomic E-state index is 12.0. The number of nitrogens with zero attached hydrogens (tertiary/aromatic N) is 3. The number of methoxy groups -OCH3 is 2. The van der Waals surface area contributed by atoms with Crippen LogP contribution < -0.4 is 20.1 Å². The molecule has 27 heavy (non-hydrogen) atoms. The molecule has 0 aliphatic heterocycles. The number of imidazole rings is 1. The number of carbonyl (C=O) groups is 1. The van der Waals surface area contributed by atoms with Crippen LogP contribution in [0.2, 0.25) is 0 Å². The van der Waals surface area contributed by atoms with Crippen LogP contribution in [0.4, 0.5) is 4.79 Å². The third-order valence-corrected chi connectivity index (χ3v) is 3.93. The molecule has 0 unspecified atom stereocenters. The highest BCUT2D eigenvalue weighted by molar-refractivity contribution is 5.73.